The van der Waals surface area contributed by atoms with E-state index >= 15 is 0 Å². The molecule has 0 fully saturated rings. The number of hydrogen-bond donors (Lipinski definition) is 0. The molecule has 94 valence electrons. The molecular weight excluding hydrogens is 308 g/mol. The highest BCUT2D eigenvalue weighted by Gasteiger charge is 2.05. The predicted octanol–water partition coefficient (Wildman–Crippen LogP) is 4.46. The molecule has 2 nitrogen and oxygen atoms in total. The fourth-order valence-corrected chi connectivity index (χ4v) is 2.69. The van der Waals surface area contributed by atoms with Crippen LogP contribution in [-0.4, -0.2) is 9.97 Å². The van der Waals surface area contributed by atoms with Gasteiger partial charge in [-0.2, -0.15) is 0 Å². The number of benzene rings is 1. The summed E-state index contributed by atoms with van der Waals surface area (Å²) in [5, 5.41) is 0.860. The molecule has 0 aliphatic heterocycles. The van der Waals surface area contributed by atoms with Gasteiger partial charge in [0, 0.05) is 21.6 Å². The molecule has 0 unspecified atom stereocenters. The van der Waals surface area contributed by atoms with E-state index in [1.807, 2.05) is 13.8 Å². The molecule has 0 bridgehead atoms. The number of halogens is 1. The minimum absolute atomic E-state index is 0.860. The quantitative estimate of drug-likeness (QED) is 0.616. The van der Waals surface area contributed by atoms with Gasteiger partial charge in [-0.15, -0.1) is 0 Å². The molecule has 0 amide bonds. The van der Waals surface area contributed by atoms with Crippen molar-refractivity contribution in [3.05, 3.63) is 51.3 Å². The predicted molar refractivity (Wildman–Crippen MR) is 79.9 cm³/mol. The lowest BCUT2D eigenvalue weighted by molar-refractivity contribution is 0.880. The molecule has 0 spiro atoms. The Morgan fingerprint density at radius 2 is 1.56 bits per heavy atom. The summed E-state index contributed by atoms with van der Waals surface area (Å²) in [5.41, 5.74) is 4.60. The van der Waals surface area contributed by atoms with E-state index in [0.717, 1.165) is 26.8 Å². The van der Waals surface area contributed by atoms with Crippen LogP contribution in [0.1, 0.15) is 22.5 Å². The van der Waals surface area contributed by atoms with E-state index < -0.39 is 0 Å². The smallest absolute Gasteiger partial charge is 0.188 e. The number of aryl methyl sites for hydroxylation is 2. The zero-order chi connectivity index (χ0) is 13.1. The molecule has 0 radical (unpaired) electrons. The summed E-state index contributed by atoms with van der Waals surface area (Å²) >= 11 is 5.12. The fraction of sp³-hybridized carbons (Fsp3) is 0.286. The highest BCUT2D eigenvalue weighted by atomic mass is 79.9. The van der Waals surface area contributed by atoms with Gasteiger partial charge in [0.2, 0.25) is 0 Å². The summed E-state index contributed by atoms with van der Waals surface area (Å²) in [6.07, 6.45) is 0. The van der Waals surface area contributed by atoms with Crippen LogP contribution >= 0.6 is 27.7 Å². The number of rotatable bonds is 3. The van der Waals surface area contributed by atoms with Gasteiger partial charge in [-0.05, 0) is 44.0 Å². The second-order valence-electron chi connectivity index (χ2n) is 4.22. The Kier molecular flexibility index (Phi) is 4.40. The van der Waals surface area contributed by atoms with Crippen LogP contribution in [0.2, 0.25) is 0 Å². The van der Waals surface area contributed by atoms with Gasteiger partial charge in [-0.1, -0.05) is 39.8 Å². The largest absolute Gasteiger partial charge is 0.228 e. The van der Waals surface area contributed by atoms with Gasteiger partial charge in [0.25, 0.3) is 0 Å². The van der Waals surface area contributed by atoms with Crippen LogP contribution in [0.5, 0.6) is 0 Å². The molecule has 2 aromatic rings. The number of aromatic nitrogens is 2. The minimum atomic E-state index is 0.860. The van der Waals surface area contributed by atoms with Crippen LogP contribution in [0, 0.1) is 20.8 Å². The maximum absolute atomic E-state index is 4.51. The average molecular weight is 323 g/mol. The second-order valence-corrected chi connectivity index (χ2v) is 6.08. The minimum Gasteiger partial charge on any atom is -0.228 e. The number of hydrogen-bond acceptors (Lipinski definition) is 3. The molecule has 4 heteroatoms. The molecule has 1 aromatic heterocycles. The zero-order valence-electron chi connectivity index (χ0n) is 10.7. The summed E-state index contributed by atoms with van der Waals surface area (Å²) in [5.74, 6) is 0.898. The van der Waals surface area contributed by atoms with Gasteiger partial charge in [-0.3, -0.25) is 0 Å². The van der Waals surface area contributed by atoms with Gasteiger partial charge >= 0.3 is 0 Å². The first-order chi connectivity index (χ1) is 8.56. The van der Waals surface area contributed by atoms with Crippen LogP contribution in [0.25, 0.3) is 0 Å². The number of thioether (sulfide) groups is 1. The Hall–Kier alpha value is -0.870. The average Bonchev–Trinajstić information content (AvgIpc) is 2.35. The van der Waals surface area contributed by atoms with Crippen molar-refractivity contribution in [2.24, 2.45) is 0 Å². The van der Waals surface area contributed by atoms with Crippen molar-refractivity contribution < 1.29 is 0 Å². The fourth-order valence-electron chi connectivity index (χ4n) is 1.53. The summed E-state index contributed by atoms with van der Waals surface area (Å²) in [4.78, 5) is 9.02. The maximum Gasteiger partial charge on any atom is 0.188 e. The van der Waals surface area contributed by atoms with Gasteiger partial charge in [0.05, 0.1) is 0 Å². The van der Waals surface area contributed by atoms with Crippen molar-refractivity contribution in [3.63, 3.8) is 0 Å². The summed E-state index contributed by atoms with van der Waals surface area (Å²) in [7, 11) is 0. The third kappa shape index (κ3) is 3.33. The van der Waals surface area contributed by atoms with Crippen LogP contribution in [0.3, 0.4) is 0 Å². The van der Waals surface area contributed by atoms with Gasteiger partial charge < -0.3 is 0 Å². The normalized spacial score (nSPS) is 10.7. The molecule has 18 heavy (non-hydrogen) atoms. The van der Waals surface area contributed by atoms with Crippen molar-refractivity contribution in [2.45, 2.75) is 31.7 Å². The van der Waals surface area contributed by atoms with E-state index in [1.165, 1.54) is 11.1 Å². The molecule has 0 aliphatic carbocycles. The Morgan fingerprint density at radius 3 is 2.11 bits per heavy atom. The first kappa shape index (κ1) is 13.6. The van der Waals surface area contributed by atoms with Crippen LogP contribution in [0.15, 0.2) is 33.9 Å². The van der Waals surface area contributed by atoms with Crippen molar-refractivity contribution >= 4 is 27.7 Å². The van der Waals surface area contributed by atoms with Crippen LogP contribution in [0.4, 0.5) is 0 Å². The van der Waals surface area contributed by atoms with Crippen LogP contribution < -0.4 is 0 Å². The summed E-state index contributed by atoms with van der Waals surface area (Å²) < 4.78 is 1.11. The van der Waals surface area contributed by atoms with Crippen molar-refractivity contribution in [1.29, 1.82) is 0 Å². The second kappa shape index (κ2) is 5.85. The first-order valence-corrected chi connectivity index (χ1v) is 7.53. The molecule has 1 heterocycles. The maximum atomic E-state index is 4.51. The van der Waals surface area contributed by atoms with E-state index in [4.69, 9.17) is 0 Å². The molecule has 0 N–H and O–H groups in total. The Bertz CT molecular complexity index is 529. The lowest BCUT2D eigenvalue weighted by Gasteiger charge is -2.06. The van der Waals surface area contributed by atoms with E-state index in [0.29, 0.717) is 0 Å². The van der Waals surface area contributed by atoms with Crippen molar-refractivity contribution in [1.82, 2.24) is 9.97 Å². The Balaban J connectivity index is 2.08. The van der Waals surface area contributed by atoms with Gasteiger partial charge in [0.1, 0.15) is 0 Å². The first-order valence-electron chi connectivity index (χ1n) is 5.75. The molecule has 0 aliphatic rings. The standard InChI is InChI=1S/C14H15BrN2S/c1-9-10(2)16-14(17-11(9)3)18-8-12-4-6-13(15)7-5-12/h4-7H,8H2,1-3H3. The molecule has 0 saturated heterocycles. The van der Waals surface area contributed by atoms with E-state index in [2.05, 4.69) is 57.1 Å². The molecule has 1 aromatic carbocycles. The SMILES string of the molecule is Cc1nc(SCc2ccc(Br)cc2)nc(C)c1C. The molecule has 2 rings (SSSR count). The third-order valence-electron chi connectivity index (χ3n) is 2.89. The Morgan fingerprint density at radius 1 is 1.00 bits per heavy atom. The monoisotopic (exact) mass is 322 g/mol. The molecule has 0 saturated carbocycles. The third-order valence-corrected chi connectivity index (χ3v) is 4.34. The van der Waals surface area contributed by atoms with E-state index in [-0.39, 0.29) is 0 Å². The highest BCUT2D eigenvalue weighted by Crippen LogP contribution is 2.22. The lowest BCUT2D eigenvalue weighted by Crippen LogP contribution is -1.98. The number of nitrogens with zero attached hydrogens (tertiary/aromatic N) is 2. The molecule has 0 atom stereocenters. The van der Waals surface area contributed by atoms with Gasteiger partial charge in [-0.25, -0.2) is 9.97 Å². The Labute approximate surface area is 120 Å². The summed E-state index contributed by atoms with van der Waals surface area (Å²) in [6.45, 7) is 6.13. The van der Waals surface area contributed by atoms with Crippen molar-refractivity contribution in [3.8, 4) is 0 Å². The molecular formula is C14H15BrN2S. The van der Waals surface area contributed by atoms with E-state index in [1.54, 1.807) is 11.8 Å². The van der Waals surface area contributed by atoms with E-state index in [9.17, 15) is 0 Å². The zero-order valence-corrected chi connectivity index (χ0v) is 13.1. The topological polar surface area (TPSA) is 25.8 Å². The lowest BCUT2D eigenvalue weighted by atomic mass is 10.2. The van der Waals surface area contributed by atoms with Crippen molar-refractivity contribution in [2.75, 3.05) is 0 Å². The van der Waals surface area contributed by atoms with Gasteiger partial charge in [0.15, 0.2) is 5.16 Å². The summed E-state index contributed by atoms with van der Waals surface area (Å²) in [6, 6.07) is 8.35. The highest BCUT2D eigenvalue weighted by molar-refractivity contribution is 9.10. The van der Waals surface area contributed by atoms with Crippen LogP contribution in [-0.2, 0) is 5.75 Å².